The van der Waals surface area contributed by atoms with Crippen LogP contribution in [0.5, 0.6) is 0 Å². The van der Waals surface area contributed by atoms with E-state index in [2.05, 4.69) is 11.0 Å². The molecule has 1 saturated heterocycles. The van der Waals surface area contributed by atoms with E-state index in [0.717, 1.165) is 11.1 Å². The predicted molar refractivity (Wildman–Crippen MR) is 83.7 cm³/mol. The Balaban J connectivity index is 1.94. The van der Waals surface area contributed by atoms with Crippen LogP contribution in [0.1, 0.15) is 22.8 Å². The van der Waals surface area contributed by atoms with E-state index < -0.39 is 16.1 Å². The van der Waals surface area contributed by atoms with Crippen LogP contribution in [0, 0.1) is 13.8 Å². The quantitative estimate of drug-likeness (QED) is 0.898. The molecule has 1 N–H and O–H groups in total. The van der Waals surface area contributed by atoms with E-state index in [1.165, 1.54) is 16.1 Å². The minimum Gasteiger partial charge on any atom is -0.387 e. The molecule has 118 valence electrons. The first-order valence-electron chi connectivity index (χ1n) is 7.20. The average molecular weight is 312 g/mol. The zero-order valence-corrected chi connectivity index (χ0v) is 13.7. The Morgan fingerprint density at radius 3 is 2.33 bits per heavy atom. The number of hydrogen-bond donors (Lipinski definition) is 1. The fourth-order valence-corrected chi connectivity index (χ4v) is 3.61. The van der Waals surface area contributed by atoms with Gasteiger partial charge in [-0.25, -0.2) is 8.42 Å². The molecule has 1 aliphatic rings. The van der Waals surface area contributed by atoms with Gasteiger partial charge >= 0.3 is 0 Å². The first-order chi connectivity index (χ1) is 9.77. The highest BCUT2D eigenvalue weighted by molar-refractivity contribution is 7.88. The Morgan fingerprint density at radius 2 is 1.81 bits per heavy atom. The number of aliphatic hydroxyl groups excluding tert-OH is 1. The summed E-state index contributed by atoms with van der Waals surface area (Å²) in [6, 6.07) is 6.05. The van der Waals surface area contributed by atoms with E-state index in [1.54, 1.807) is 0 Å². The van der Waals surface area contributed by atoms with Crippen LogP contribution in [0.4, 0.5) is 0 Å². The van der Waals surface area contributed by atoms with Gasteiger partial charge in [-0.05, 0) is 25.0 Å². The normalized spacial score (nSPS) is 19.6. The summed E-state index contributed by atoms with van der Waals surface area (Å²) >= 11 is 0. The summed E-state index contributed by atoms with van der Waals surface area (Å²) in [7, 11) is -3.10. The van der Waals surface area contributed by atoms with E-state index in [4.69, 9.17) is 0 Å². The van der Waals surface area contributed by atoms with Crippen molar-refractivity contribution in [3.8, 4) is 0 Å². The largest absolute Gasteiger partial charge is 0.387 e. The SMILES string of the molecule is Cc1ccc(C(O)CN2CCN(S(C)(=O)=O)CC2)c(C)c1. The van der Waals surface area contributed by atoms with Crippen molar-refractivity contribution in [1.82, 2.24) is 9.21 Å². The van der Waals surface area contributed by atoms with Gasteiger partial charge in [0.05, 0.1) is 12.4 Å². The third-order valence-electron chi connectivity index (χ3n) is 4.02. The average Bonchev–Trinajstić information content (AvgIpc) is 2.38. The molecule has 5 nitrogen and oxygen atoms in total. The lowest BCUT2D eigenvalue weighted by atomic mass is 10.0. The van der Waals surface area contributed by atoms with Gasteiger partial charge in [0, 0.05) is 32.7 Å². The van der Waals surface area contributed by atoms with Gasteiger partial charge in [0.15, 0.2) is 0 Å². The van der Waals surface area contributed by atoms with Gasteiger partial charge in [-0.15, -0.1) is 0 Å². The second kappa shape index (κ2) is 6.44. The summed E-state index contributed by atoms with van der Waals surface area (Å²) in [5, 5.41) is 10.4. The summed E-state index contributed by atoms with van der Waals surface area (Å²) in [5.41, 5.74) is 3.23. The maximum absolute atomic E-state index is 11.5. The van der Waals surface area contributed by atoms with E-state index >= 15 is 0 Å². The van der Waals surface area contributed by atoms with E-state index in [-0.39, 0.29) is 0 Å². The molecule has 0 bridgehead atoms. The summed E-state index contributed by atoms with van der Waals surface area (Å²) < 4.78 is 24.4. The molecule has 0 amide bonds. The molecule has 1 aliphatic heterocycles. The van der Waals surface area contributed by atoms with Crippen molar-refractivity contribution in [3.05, 3.63) is 34.9 Å². The third kappa shape index (κ3) is 4.26. The van der Waals surface area contributed by atoms with E-state index in [9.17, 15) is 13.5 Å². The standard InChI is InChI=1S/C15H24N2O3S/c1-12-4-5-14(13(2)10-12)15(18)11-16-6-8-17(9-7-16)21(3,19)20/h4-5,10,15,18H,6-9,11H2,1-3H3. The first kappa shape index (κ1) is 16.4. The van der Waals surface area contributed by atoms with Crippen LogP contribution in [0.25, 0.3) is 0 Å². The number of β-amino-alcohol motifs (C(OH)–C–C–N with tert-alkyl or cyclic N) is 1. The van der Waals surface area contributed by atoms with Crippen molar-refractivity contribution in [1.29, 1.82) is 0 Å². The molecule has 1 unspecified atom stereocenters. The van der Waals surface area contributed by atoms with Gasteiger partial charge in [-0.2, -0.15) is 4.31 Å². The van der Waals surface area contributed by atoms with Crippen LogP contribution >= 0.6 is 0 Å². The van der Waals surface area contributed by atoms with Crippen molar-refractivity contribution in [2.24, 2.45) is 0 Å². The molecule has 0 aliphatic carbocycles. The van der Waals surface area contributed by atoms with Gasteiger partial charge in [0.2, 0.25) is 10.0 Å². The van der Waals surface area contributed by atoms with Gasteiger partial charge in [0.25, 0.3) is 0 Å². The van der Waals surface area contributed by atoms with Crippen LogP contribution < -0.4 is 0 Å². The van der Waals surface area contributed by atoms with Gasteiger partial charge in [0.1, 0.15) is 0 Å². The highest BCUT2D eigenvalue weighted by Crippen LogP contribution is 2.20. The van der Waals surface area contributed by atoms with Crippen molar-refractivity contribution < 1.29 is 13.5 Å². The lowest BCUT2D eigenvalue weighted by molar-refractivity contribution is 0.0919. The number of benzene rings is 1. The van der Waals surface area contributed by atoms with Crippen molar-refractivity contribution in [2.75, 3.05) is 39.0 Å². The van der Waals surface area contributed by atoms with Crippen molar-refractivity contribution in [3.63, 3.8) is 0 Å². The van der Waals surface area contributed by atoms with Crippen LogP contribution in [-0.2, 0) is 10.0 Å². The Morgan fingerprint density at radius 1 is 1.19 bits per heavy atom. The topological polar surface area (TPSA) is 60.9 Å². The van der Waals surface area contributed by atoms with E-state index in [1.807, 2.05) is 26.0 Å². The van der Waals surface area contributed by atoms with Gasteiger partial charge in [-0.1, -0.05) is 23.8 Å². The number of sulfonamides is 1. The molecule has 2 rings (SSSR count). The minimum absolute atomic E-state index is 0.498. The zero-order chi connectivity index (χ0) is 15.6. The van der Waals surface area contributed by atoms with Crippen LogP contribution in [-0.4, -0.2) is 61.7 Å². The highest BCUT2D eigenvalue weighted by atomic mass is 32.2. The predicted octanol–water partition coefficient (Wildman–Crippen LogP) is 0.914. The Bertz CT molecular complexity index is 593. The van der Waals surface area contributed by atoms with E-state index in [0.29, 0.717) is 32.7 Å². The Kier molecular flexibility index (Phi) is 5.03. The zero-order valence-electron chi connectivity index (χ0n) is 12.9. The number of rotatable bonds is 4. The second-order valence-electron chi connectivity index (χ2n) is 5.84. The second-order valence-corrected chi connectivity index (χ2v) is 7.82. The molecule has 0 aromatic heterocycles. The number of aryl methyl sites for hydroxylation is 2. The van der Waals surface area contributed by atoms with Crippen LogP contribution in [0.3, 0.4) is 0 Å². The fourth-order valence-electron chi connectivity index (χ4n) is 2.79. The van der Waals surface area contributed by atoms with Crippen LogP contribution in [0.2, 0.25) is 0 Å². The lowest BCUT2D eigenvalue weighted by Crippen LogP contribution is -2.49. The summed E-state index contributed by atoms with van der Waals surface area (Å²) in [6.07, 6.45) is 0.711. The van der Waals surface area contributed by atoms with Crippen LogP contribution in [0.15, 0.2) is 18.2 Å². The first-order valence-corrected chi connectivity index (χ1v) is 9.05. The fraction of sp³-hybridized carbons (Fsp3) is 0.600. The smallest absolute Gasteiger partial charge is 0.211 e. The van der Waals surface area contributed by atoms with Gasteiger partial charge < -0.3 is 5.11 Å². The molecule has 21 heavy (non-hydrogen) atoms. The molecule has 0 saturated carbocycles. The number of aliphatic hydroxyl groups is 1. The van der Waals surface area contributed by atoms with Crippen molar-refractivity contribution >= 4 is 10.0 Å². The lowest BCUT2D eigenvalue weighted by Gasteiger charge is -2.34. The number of nitrogens with zero attached hydrogens (tertiary/aromatic N) is 2. The number of hydrogen-bond acceptors (Lipinski definition) is 4. The summed E-state index contributed by atoms with van der Waals surface area (Å²) in [5.74, 6) is 0. The van der Waals surface area contributed by atoms with Crippen molar-refractivity contribution in [2.45, 2.75) is 20.0 Å². The molecule has 0 spiro atoms. The molecular formula is C15H24N2O3S. The van der Waals surface area contributed by atoms with Gasteiger partial charge in [-0.3, -0.25) is 4.90 Å². The molecule has 0 radical (unpaired) electrons. The molecular weight excluding hydrogens is 288 g/mol. The maximum atomic E-state index is 11.5. The Labute approximate surface area is 127 Å². The monoisotopic (exact) mass is 312 g/mol. The number of piperazine rings is 1. The molecule has 1 atom stereocenters. The summed E-state index contributed by atoms with van der Waals surface area (Å²) in [4.78, 5) is 2.12. The molecule has 6 heteroatoms. The molecule has 1 heterocycles. The summed E-state index contributed by atoms with van der Waals surface area (Å²) in [6.45, 7) is 6.91. The molecule has 1 fully saturated rings. The third-order valence-corrected chi connectivity index (χ3v) is 5.32. The molecule has 1 aromatic carbocycles. The minimum atomic E-state index is -3.10. The molecule has 1 aromatic rings. The highest BCUT2D eigenvalue weighted by Gasteiger charge is 2.25. The Hall–Kier alpha value is -0.950. The maximum Gasteiger partial charge on any atom is 0.211 e.